The molecule has 1 aromatic carbocycles. The number of ether oxygens (including phenoxy) is 2. The van der Waals surface area contributed by atoms with Gasteiger partial charge < -0.3 is 19.7 Å². The molecule has 2 heterocycles. The van der Waals surface area contributed by atoms with Gasteiger partial charge in [-0.2, -0.15) is 5.10 Å². The molecule has 1 aliphatic heterocycles. The summed E-state index contributed by atoms with van der Waals surface area (Å²) >= 11 is 0. The van der Waals surface area contributed by atoms with E-state index in [1.807, 2.05) is 32.0 Å². The number of rotatable bonds is 6. The van der Waals surface area contributed by atoms with E-state index in [9.17, 15) is 9.59 Å². The van der Waals surface area contributed by atoms with Crippen molar-refractivity contribution < 1.29 is 19.1 Å². The van der Waals surface area contributed by atoms with Crippen LogP contribution in [0, 0.1) is 6.92 Å². The number of aryl methyl sites for hydroxylation is 2. The molecule has 30 heavy (non-hydrogen) atoms. The SMILES string of the molecule is COc1ccc(OC2CCN(C(C)=O)CC2)c(C(=O)NC(C)c2cn(C)nc2C)c1. The fourth-order valence-corrected chi connectivity index (χ4v) is 3.78. The molecule has 1 fully saturated rings. The van der Waals surface area contributed by atoms with Crippen LogP contribution in [0.1, 0.15) is 54.3 Å². The van der Waals surface area contributed by atoms with Crippen molar-refractivity contribution in [1.82, 2.24) is 20.0 Å². The second-order valence-corrected chi connectivity index (χ2v) is 7.72. The highest BCUT2D eigenvalue weighted by Crippen LogP contribution is 2.28. The second-order valence-electron chi connectivity index (χ2n) is 7.72. The lowest BCUT2D eigenvalue weighted by Crippen LogP contribution is -2.40. The Morgan fingerprint density at radius 3 is 2.53 bits per heavy atom. The zero-order valence-corrected chi connectivity index (χ0v) is 18.3. The van der Waals surface area contributed by atoms with Crippen LogP contribution in [0.25, 0.3) is 0 Å². The first-order valence-electron chi connectivity index (χ1n) is 10.2. The van der Waals surface area contributed by atoms with Crippen LogP contribution in [0.2, 0.25) is 0 Å². The van der Waals surface area contributed by atoms with E-state index in [0.29, 0.717) is 30.2 Å². The largest absolute Gasteiger partial charge is 0.497 e. The molecule has 2 aromatic rings. The first kappa shape index (κ1) is 21.7. The van der Waals surface area contributed by atoms with Crippen molar-refractivity contribution in [3.63, 3.8) is 0 Å². The number of aromatic nitrogens is 2. The number of likely N-dealkylation sites (tertiary alicyclic amines) is 1. The van der Waals surface area contributed by atoms with Gasteiger partial charge in [0.25, 0.3) is 5.91 Å². The van der Waals surface area contributed by atoms with Crippen LogP contribution in [0.4, 0.5) is 0 Å². The van der Waals surface area contributed by atoms with E-state index in [-0.39, 0.29) is 24.0 Å². The van der Waals surface area contributed by atoms with Gasteiger partial charge in [0.1, 0.15) is 17.6 Å². The Kier molecular flexibility index (Phi) is 6.64. The monoisotopic (exact) mass is 414 g/mol. The number of carbonyl (C=O) groups is 2. The number of hydrogen-bond donors (Lipinski definition) is 1. The summed E-state index contributed by atoms with van der Waals surface area (Å²) in [5, 5.41) is 7.38. The van der Waals surface area contributed by atoms with Gasteiger partial charge in [0.2, 0.25) is 5.91 Å². The molecule has 8 heteroatoms. The molecule has 0 aliphatic carbocycles. The Morgan fingerprint density at radius 2 is 1.97 bits per heavy atom. The standard InChI is InChI=1S/C22H30N4O4/c1-14(20-13-25(4)24-15(20)2)23-22(28)19-12-18(29-5)6-7-21(19)30-17-8-10-26(11-9-17)16(3)27/h6-7,12-14,17H,8-11H2,1-5H3,(H,23,28). The lowest BCUT2D eigenvalue weighted by atomic mass is 10.1. The molecule has 2 amide bonds. The summed E-state index contributed by atoms with van der Waals surface area (Å²) in [6, 6.07) is 5.04. The first-order chi connectivity index (χ1) is 14.3. The Hall–Kier alpha value is -3.03. The minimum absolute atomic E-state index is 0.0430. The highest BCUT2D eigenvalue weighted by Gasteiger charge is 2.25. The average Bonchev–Trinajstić information content (AvgIpc) is 3.06. The van der Waals surface area contributed by atoms with Crippen LogP contribution in [-0.4, -0.2) is 52.8 Å². The van der Waals surface area contributed by atoms with Crippen molar-refractivity contribution in [3.8, 4) is 11.5 Å². The lowest BCUT2D eigenvalue weighted by Gasteiger charge is -2.32. The molecule has 0 spiro atoms. The van der Waals surface area contributed by atoms with Crippen molar-refractivity contribution in [2.45, 2.75) is 45.8 Å². The minimum Gasteiger partial charge on any atom is -0.497 e. The van der Waals surface area contributed by atoms with Crippen molar-refractivity contribution >= 4 is 11.8 Å². The third kappa shape index (κ3) is 4.93. The van der Waals surface area contributed by atoms with Gasteiger partial charge in [-0.25, -0.2) is 0 Å². The van der Waals surface area contributed by atoms with Crippen molar-refractivity contribution in [2.75, 3.05) is 20.2 Å². The zero-order valence-electron chi connectivity index (χ0n) is 18.3. The number of amides is 2. The Balaban J connectivity index is 1.75. The van der Waals surface area contributed by atoms with Gasteiger partial charge in [-0.15, -0.1) is 0 Å². The second kappa shape index (κ2) is 9.19. The van der Waals surface area contributed by atoms with Gasteiger partial charge in [0.05, 0.1) is 24.4 Å². The Morgan fingerprint density at radius 1 is 1.27 bits per heavy atom. The summed E-state index contributed by atoms with van der Waals surface area (Å²) in [7, 11) is 3.42. The molecule has 0 bridgehead atoms. The van der Waals surface area contributed by atoms with Gasteiger partial charge in [-0.1, -0.05) is 0 Å². The van der Waals surface area contributed by atoms with Crippen LogP contribution in [0.3, 0.4) is 0 Å². The van der Waals surface area contributed by atoms with Crippen LogP contribution in [-0.2, 0) is 11.8 Å². The van der Waals surface area contributed by atoms with Crippen molar-refractivity contribution in [3.05, 3.63) is 41.2 Å². The van der Waals surface area contributed by atoms with E-state index in [4.69, 9.17) is 9.47 Å². The number of methoxy groups -OCH3 is 1. The average molecular weight is 415 g/mol. The van der Waals surface area contributed by atoms with Crippen LogP contribution in [0.15, 0.2) is 24.4 Å². The molecule has 0 radical (unpaired) electrons. The number of piperidine rings is 1. The van der Waals surface area contributed by atoms with E-state index in [1.54, 1.807) is 36.9 Å². The molecule has 8 nitrogen and oxygen atoms in total. The summed E-state index contributed by atoms with van der Waals surface area (Å²) in [5.41, 5.74) is 2.27. The fourth-order valence-electron chi connectivity index (χ4n) is 3.78. The van der Waals surface area contributed by atoms with Gasteiger partial charge in [-0.05, 0) is 32.0 Å². The molecule has 1 unspecified atom stereocenters. The van der Waals surface area contributed by atoms with Crippen molar-refractivity contribution in [2.24, 2.45) is 7.05 Å². The van der Waals surface area contributed by atoms with E-state index >= 15 is 0 Å². The molecule has 162 valence electrons. The normalized spacial score (nSPS) is 15.6. The third-order valence-corrected chi connectivity index (χ3v) is 5.48. The third-order valence-electron chi connectivity index (χ3n) is 5.48. The first-order valence-corrected chi connectivity index (χ1v) is 10.2. The summed E-state index contributed by atoms with van der Waals surface area (Å²) in [6.07, 6.45) is 3.33. The van der Waals surface area contributed by atoms with E-state index in [0.717, 1.165) is 24.1 Å². The van der Waals surface area contributed by atoms with E-state index < -0.39 is 0 Å². The maximum absolute atomic E-state index is 13.1. The van der Waals surface area contributed by atoms with E-state index in [2.05, 4.69) is 10.4 Å². The van der Waals surface area contributed by atoms with Crippen LogP contribution in [0.5, 0.6) is 11.5 Å². The molecular weight excluding hydrogens is 384 g/mol. The van der Waals surface area contributed by atoms with Gasteiger partial charge in [0, 0.05) is 51.7 Å². The molecule has 3 rings (SSSR count). The predicted octanol–water partition coefficient (Wildman–Crippen LogP) is 2.62. The maximum Gasteiger partial charge on any atom is 0.255 e. The highest BCUT2D eigenvalue weighted by molar-refractivity contribution is 5.97. The Bertz CT molecular complexity index is 916. The molecule has 1 saturated heterocycles. The lowest BCUT2D eigenvalue weighted by molar-refractivity contribution is -0.130. The van der Waals surface area contributed by atoms with Gasteiger partial charge >= 0.3 is 0 Å². The quantitative estimate of drug-likeness (QED) is 0.785. The fraction of sp³-hybridized carbons (Fsp3) is 0.500. The molecule has 1 N–H and O–H groups in total. The minimum atomic E-state index is -0.235. The van der Waals surface area contributed by atoms with Gasteiger partial charge in [0.15, 0.2) is 0 Å². The number of nitrogens with one attached hydrogen (secondary N) is 1. The van der Waals surface area contributed by atoms with Gasteiger partial charge in [-0.3, -0.25) is 14.3 Å². The molecule has 1 aliphatic rings. The number of hydrogen-bond acceptors (Lipinski definition) is 5. The van der Waals surface area contributed by atoms with Crippen LogP contribution < -0.4 is 14.8 Å². The summed E-state index contributed by atoms with van der Waals surface area (Å²) in [5.74, 6) is 0.951. The summed E-state index contributed by atoms with van der Waals surface area (Å²) < 4.78 is 13.2. The smallest absolute Gasteiger partial charge is 0.255 e. The summed E-state index contributed by atoms with van der Waals surface area (Å²) in [6.45, 7) is 6.76. The van der Waals surface area contributed by atoms with Crippen LogP contribution >= 0.6 is 0 Å². The molecule has 1 atom stereocenters. The van der Waals surface area contributed by atoms with E-state index in [1.165, 1.54) is 0 Å². The maximum atomic E-state index is 13.1. The molecule has 1 aromatic heterocycles. The number of benzene rings is 1. The Labute approximate surface area is 177 Å². The molecular formula is C22H30N4O4. The summed E-state index contributed by atoms with van der Waals surface area (Å²) in [4.78, 5) is 26.4. The number of nitrogens with zero attached hydrogens (tertiary/aromatic N) is 3. The highest BCUT2D eigenvalue weighted by atomic mass is 16.5. The number of carbonyl (C=O) groups excluding carboxylic acids is 2. The predicted molar refractivity (Wildman–Crippen MR) is 113 cm³/mol. The molecule has 0 saturated carbocycles. The topological polar surface area (TPSA) is 85.7 Å². The zero-order chi connectivity index (χ0) is 21.8. The van der Waals surface area contributed by atoms with Crippen molar-refractivity contribution in [1.29, 1.82) is 0 Å².